The average Bonchev–Trinajstić information content (AvgIpc) is 2.67. The van der Waals surface area contributed by atoms with Crippen LogP contribution in [0.15, 0.2) is 40.5 Å². The molecule has 0 radical (unpaired) electrons. The maximum atomic E-state index is 13.1. The van der Waals surface area contributed by atoms with Gasteiger partial charge in [0.25, 0.3) is 0 Å². The van der Waals surface area contributed by atoms with Gasteiger partial charge in [0.05, 0.1) is 12.7 Å². The first-order valence-electron chi connectivity index (χ1n) is 10.7. The van der Waals surface area contributed by atoms with Crippen molar-refractivity contribution in [2.45, 2.75) is 71.8 Å². The van der Waals surface area contributed by atoms with Crippen LogP contribution in [0.5, 0.6) is 5.75 Å². The van der Waals surface area contributed by atoms with Gasteiger partial charge in [-0.3, -0.25) is 14.6 Å². The number of carbonyl (C=O) groups is 2. The van der Waals surface area contributed by atoms with E-state index in [0.29, 0.717) is 30.1 Å². The number of nitrogens with zero attached hydrogens (tertiary/aromatic N) is 1. The molecule has 3 rings (SSSR count). The zero-order chi connectivity index (χ0) is 21.0. The van der Waals surface area contributed by atoms with Crippen molar-refractivity contribution in [3.05, 3.63) is 41.1 Å². The smallest absolute Gasteiger partial charge is 0.315 e. The molecule has 0 fully saturated rings. The lowest BCUT2D eigenvalue weighted by Gasteiger charge is -2.35. The normalized spacial score (nSPS) is 21.7. The monoisotopic (exact) mass is 397 g/mol. The molecular formula is C24H31NO4. The molecule has 0 saturated heterocycles. The molecule has 0 aromatic heterocycles. The maximum absolute atomic E-state index is 13.1. The predicted octanol–water partition coefficient (Wildman–Crippen LogP) is 5.00. The molecular weight excluding hydrogens is 366 g/mol. The van der Waals surface area contributed by atoms with E-state index in [4.69, 9.17) is 9.47 Å². The van der Waals surface area contributed by atoms with Crippen LogP contribution in [-0.4, -0.2) is 30.2 Å². The molecule has 1 heterocycles. The second kappa shape index (κ2) is 9.38. The van der Waals surface area contributed by atoms with Gasteiger partial charge in [0.15, 0.2) is 5.78 Å². The third-order valence-electron chi connectivity index (χ3n) is 5.45. The first-order chi connectivity index (χ1) is 13.9. The Balaban J connectivity index is 2.09. The highest BCUT2D eigenvalue weighted by molar-refractivity contribution is 6.09. The number of hydrogen-bond donors (Lipinski definition) is 0. The van der Waals surface area contributed by atoms with E-state index in [0.717, 1.165) is 36.9 Å². The van der Waals surface area contributed by atoms with Gasteiger partial charge < -0.3 is 9.47 Å². The van der Waals surface area contributed by atoms with Crippen LogP contribution in [0.1, 0.15) is 71.3 Å². The first kappa shape index (κ1) is 21.3. The van der Waals surface area contributed by atoms with Gasteiger partial charge in [0, 0.05) is 34.9 Å². The van der Waals surface area contributed by atoms with Crippen molar-refractivity contribution in [2.24, 2.45) is 10.9 Å². The number of para-hydroxylation sites is 1. The molecule has 29 heavy (non-hydrogen) atoms. The van der Waals surface area contributed by atoms with E-state index in [-0.39, 0.29) is 17.9 Å². The summed E-state index contributed by atoms with van der Waals surface area (Å²) in [5, 5.41) is 0. The number of aliphatic imine (C=N–C) groups is 1. The van der Waals surface area contributed by atoms with Crippen LogP contribution < -0.4 is 4.74 Å². The SMILES string of the molecule is CCCCOC(=O)C1C(C)=NC2=C(C(=O)CCC2)[C@@H]1c1ccccc1OC(C)C. The fourth-order valence-electron chi connectivity index (χ4n) is 4.15. The van der Waals surface area contributed by atoms with E-state index >= 15 is 0 Å². The summed E-state index contributed by atoms with van der Waals surface area (Å²) in [6.07, 6.45) is 3.82. The number of rotatable bonds is 7. The van der Waals surface area contributed by atoms with Crippen molar-refractivity contribution in [1.29, 1.82) is 0 Å². The standard InChI is InChI=1S/C24H31NO4/c1-5-6-14-28-24(27)21-16(4)25-18-11-9-12-19(26)23(18)22(21)17-10-7-8-13-20(17)29-15(2)3/h7-8,10,13,15,21-22H,5-6,9,11-12,14H2,1-4H3/t21?,22-/m1/s1. The molecule has 1 aliphatic heterocycles. The summed E-state index contributed by atoms with van der Waals surface area (Å²) < 4.78 is 11.6. The molecule has 0 bridgehead atoms. The largest absolute Gasteiger partial charge is 0.491 e. The second-order valence-corrected chi connectivity index (χ2v) is 8.07. The van der Waals surface area contributed by atoms with Crippen LogP contribution in [0.4, 0.5) is 0 Å². The van der Waals surface area contributed by atoms with Crippen molar-refractivity contribution in [1.82, 2.24) is 0 Å². The van der Waals surface area contributed by atoms with Crippen molar-refractivity contribution in [3.63, 3.8) is 0 Å². The Morgan fingerprint density at radius 2 is 2.00 bits per heavy atom. The van der Waals surface area contributed by atoms with Crippen molar-refractivity contribution in [3.8, 4) is 5.75 Å². The van der Waals surface area contributed by atoms with Crippen LogP contribution in [0, 0.1) is 5.92 Å². The van der Waals surface area contributed by atoms with E-state index in [9.17, 15) is 9.59 Å². The summed E-state index contributed by atoms with van der Waals surface area (Å²) in [7, 11) is 0. The van der Waals surface area contributed by atoms with Gasteiger partial charge in [-0.25, -0.2) is 0 Å². The molecule has 1 aliphatic carbocycles. The number of benzene rings is 1. The fourth-order valence-corrected chi connectivity index (χ4v) is 4.15. The molecule has 2 atom stereocenters. The predicted molar refractivity (Wildman–Crippen MR) is 113 cm³/mol. The molecule has 0 saturated carbocycles. The Labute approximate surface area is 173 Å². The van der Waals surface area contributed by atoms with Gasteiger partial charge in [0.2, 0.25) is 0 Å². The van der Waals surface area contributed by atoms with E-state index in [1.54, 1.807) is 0 Å². The van der Waals surface area contributed by atoms with E-state index in [1.165, 1.54) is 0 Å². The van der Waals surface area contributed by atoms with Gasteiger partial charge in [-0.1, -0.05) is 31.5 Å². The van der Waals surface area contributed by atoms with Gasteiger partial charge in [0.1, 0.15) is 11.7 Å². The Kier molecular flexibility index (Phi) is 6.88. The van der Waals surface area contributed by atoms with Crippen LogP contribution in [0.25, 0.3) is 0 Å². The van der Waals surface area contributed by atoms with E-state index in [2.05, 4.69) is 11.9 Å². The number of esters is 1. The van der Waals surface area contributed by atoms with Crippen LogP contribution in [0.2, 0.25) is 0 Å². The Hall–Kier alpha value is -2.43. The highest BCUT2D eigenvalue weighted by atomic mass is 16.5. The van der Waals surface area contributed by atoms with Crippen molar-refractivity contribution >= 4 is 17.5 Å². The minimum atomic E-state index is -0.607. The van der Waals surface area contributed by atoms with Crippen molar-refractivity contribution < 1.29 is 19.1 Å². The number of carbonyl (C=O) groups excluding carboxylic acids is 2. The van der Waals surface area contributed by atoms with Crippen LogP contribution >= 0.6 is 0 Å². The topological polar surface area (TPSA) is 65.0 Å². The van der Waals surface area contributed by atoms with Gasteiger partial charge in [-0.15, -0.1) is 0 Å². The zero-order valence-electron chi connectivity index (χ0n) is 17.9. The van der Waals surface area contributed by atoms with Gasteiger partial charge in [-0.2, -0.15) is 0 Å². The number of Topliss-reactive ketones (excluding diaryl/α,β-unsaturated/α-hetero) is 1. The van der Waals surface area contributed by atoms with Gasteiger partial charge in [-0.05, 0) is 46.1 Å². The van der Waals surface area contributed by atoms with Crippen molar-refractivity contribution in [2.75, 3.05) is 6.61 Å². The number of unbranched alkanes of at least 4 members (excludes halogenated alkanes) is 1. The summed E-state index contributed by atoms with van der Waals surface area (Å²) in [6.45, 7) is 8.25. The maximum Gasteiger partial charge on any atom is 0.315 e. The minimum absolute atomic E-state index is 0.0139. The lowest BCUT2D eigenvalue weighted by molar-refractivity contribution is -0.146. The third kappa shape index (κ3) is 4.60. The summed E-state index contributed by atoms with van der Waals surface area (Å²) in [5.74, 6) is -0.546. The number of allylic oxidation sites excluding steroid dienone is 2. The molecule has 1 aromatic carbocycles. The third-order valence-corrected chi connectivity index (χ3v) is 5.45. The van der Waals surface area contributed by atoms with Crippen LogP contribution in [0.3, 0.4) is 0 Å². The average molecular weight is 398 g/mol. The second-order valence-electron chi connectivity index (χ2n) is 8.07. The Morgan fingerprint density at radius 3 is 2.72 bits per heavy atom. The molecule has 5 nitrogen and oxygen atoms in total. The Morgan fingerprint density at radius 1 is 1.24 bits per heavy atom. The molecule has 2 aliphatic rings. The molecule has 1 aromatic rings. The molecule has 156 valence electrons. The quantitative estimate of drug-likeness (QED) is 0.480. The number of ether oxygens (including phenoxy) is 2. The molecule has 0 amide bonds. The highest BCUT2D eigenvalue weighted by Gasteiger charge is 2.44. The highest BCUT2D eigenvalue weighted by Crippen LogP contribution is 2.46. The molecule has 1 unspecified atom stereocenters. The lowest BCUT2D eigenvalue weighted by atomic mass is 9.71. The fraction of sp³-hybridized carbons (Fsp3) is 0.542. The van der Waals surface area contributed by atoms with Gasteiger partial charge >= 0.3 is 5.97 Å². The summed E-state index contributed by atoms with van der Waals surface area (Å²) in [6, 6.07) is 7.71. The zero-order valence-corrected chi connectivity index (χ0v) is 17.9. The molecule has 0 N–H and O–H groups in total. The summed E-state index contributed by atoms with van der Waals surface area (Å²) >= 11 is 0. The lowest BCUT2D eigenvalue weighted by Crippen LogP contribution is -2.37. The van der Waals surface area contributed by atoms with E-state index < -0.39 is 11.8 Å². The minimum Gasteiger partial charge on any atom is -0.491 e. The summed E-state index contributed by atoms with van der Waals surface area (Å²) in [4.78, 5) is 30.8. The molecule has 0 spiro atoms. The summed E-state index contributed by atoms with van der Waals surface area (Å²) in [5.41, 5.74) is 3.06. The Bertz CT molecular complexity index is 837. The number of hydrogen-bond acceptors (Lipinski definition) is 5. The molecule has 5 heteroatoms. The van der Waals surface area contributed by atoms with E-state index in [1.807, 2.05) is 45.0 Å². The first-order valence-corrected chi connectivity index (χ1v) is 10.7. The van der Waals surface area contributed by atoms with Crippen LogP contribution in [-0.2, 0) is 14.3 Å². The number of ketones is 1.